The standard InChI is InChI=1S/C11H26N2O/c1-5-13(9-10-14-6-2)11(3)7-8-12-4/h11-12H,5-10H2,1-4H3. The molecule has 0 aromatic carbocycles. The third-order valence-corrected chi connectivity index (χ3v) is 2.57. The minimum atomic E-state index is 0.646. The van der Waals surface area contributed by atoms with Gasteiger partial charge in [0.05, 0.1) is 6.61 Å². The van der Waals surface area contributed by atoms with Crippen LogP contribution in [0.15, 0.2) is 0 Å². The summed E-state index contributed by atoms with van der Waals surface area (Å²) in [6.45, 7) is 11.5. The quantitative estimate of drug-likeness (QED) is 0.571. The summed E-state index contributed by atoms with van der Waals surface area (Å²) in [6, 6.07) is 0.646. The molecule has 0 fully saturated rings. The molecule has 0 aliphatic rings. The van der Waals surface area contributed by atoms with Gasteiger partial charge in [0.15, 0.2) is 0 Å². The second kappa shape index (κ2) is 9.44. The molecule has 0 aromatic heterocycles. The molecule has 0 rings (SSSR count). The third-order valence-electron chi connectivity index (χ3n) is 2.57. The van der Waals surface area contributed by atoms with Crippen LogP contribution >= 0.6 is 0 Å². The lowest BCUT2D eigenvalue weighted by Gasteiger charge is -2.27. The summed E-state index contributed by atoms with van der Waals surface area (Å²) in [7, 11) is 2.00. The average Bonchev–Trinajstić information content (AvgIpc) is 2.21. The topological polar surface area (TPSA) is 24.5 Å². The summed E-state index contributed by atoms with van der Waals surface area (Å²) in [6.07, 6.45) is 1.20. The van der Waals surface area contributed by atoms with E-state index >= 15 is 0 Å². The van der Waals surface area contributed by atoms with Crippen LogP contribution in [0.1, 0.15) is 27.2 Å². The molecule has 1 unspecified atom stereocenters. The Bertz CT molecular complexity index is 120. The Hall–Kier alpha value is -0.120. The average molecular weight is 202 g/mol. The van der Waals surface area contributed by atoms with Crippen LogP contribution < -0.4 is 5.32 Å². The molecule has 0 amide bonds. The van der Waals surface area contributed by atoms with E-state index in [0.717, 1.165) is 32.8 Å². The van der Waals surface area contributed by atoms with Gasteiger partial charge in [0, 0.05) is 19.2 Å². The van der Waals surface area contributed by atoms with E-state index in [2.05, 4.69) is 24.1 Å². The van der Waals surface area contributed by atoms with Gasteiger partial charge in [-0.25, -0.2) is 0 Å². The number of nitrogens with zero attached hydrogens (tertiary/aromatic N) is 1. The first-order chi connectivity index (χ1) is 6.76. The van der Waals surface area contributed by atoms with E-state index in [1.807, 2.05) is 14.0 Å². The van der Waals surface area contributed by atoms with E-state index in [1.165, 1.54) is 6.42 Å². The van der Waals surface area contributed by atoms with Crippen molar-refractivity contribution in [1.82, 2.24) is 10.2 Å². The van der Waals surface area contributed by atoms with Gasteiger partial charge in [-0.15, -0.1) is 0 Å². The first kappa shape index (κ1) is 13.9. The highest BCUT2D eigenvalue weighted by molar-refractivity contribution is 4.66. The third kappa shape index (κ3) is 6.35. The minimum Gasteiger partial charge on any atom is -0.380 e. The van der Waals surface area contributed by atoms with Gasteiger partial charge in [0.1, 0.15) is 0 Å². The van der Waals surface area contributed by atoms with Crippen LogP contribution in [0.25, 0.3) is 0 Å². The molecule has 1 N–H and O–H groups in total. The molecule has 0 radical (unpaired) electrons. The predicted octanol–water partition coefficient (Wildman–Crippen LogP) is 1.34. The van der Waals surface area contributed by atoms with Gasteiger partial charge in [-0.3, -0.25) is 4.90 Å². The fraction of sp³-hybridized carbons (Fsp3) is 1.00. The summed E-state index contributed by atoms with van der Waals surface area (Å²) in [5, 5.41) is 3.19. The van der Waals surface area contributed by atoms with Gasteiger partial charge in [-0.2, -0.15) is 0 Å². The van der Waals surface area contributed by atoms with Crippen molar-refractivity contribution in [3.05, 3.63) is 0 Å². The van der Waals surface area contributed by atoms with Crippen LogP contribution in [0.4, 0.5) is 0 Å². The van der Waals surface area contributed by atoms with Crippen LogP contribution in [0, 0.1) is 0 Å². The fourth-order valence-corrected chi connectivity index (χ4v) is 1.55. The lowest BCUT2D eigenvalue weighted by molar-refractivity contribution is 0.0983. The van der Waals surface area contributed by atoms with E-state index in [4.69, 9.17) is 4.74 Å². The normalized spacial score (nSPS) is 13.5. The Morgan fingerprint density at radius 3 is 2.57 bits per heavy atom. The maximum absolute atomic E-state index is 5.36. The summed E-state index contributed by atoms with van der Waals surface area (Å²) in [5.41, 5.74) is 0. The number of hydrogen-bond donors (Lipinski definition) is 1. The zero-order valence-corrected chi connectivity index (χ0v) is 10.2. The Morgan fingerprint density at radius 1 is 1.36 bits per heavy atom. The van der Waals surface area contributed by atoms with Crippen molar-refractivity contribution in [3.63, 3.8) is 0 Å². The Morgan fingerprint density at radius 2 is 2.07 bits per heavy atom. The molecule has 1 atom stereocenters. The lowest BCUT2D eigenvalue weighted by Crippen LogP contribution is -2.37. The molecular weight excluding hydrogens is 176 g/mol. The molecule has 0 saturated carbocycles. The van der Waals surface area contributed by atoms with Crippen LogP contribution in [0.2, 0.25) is 0 Å². The molecule has 14 heavy (non-hydrogen) atoms. The smallest absolute Gasteiger partial charge is 0.0593 e. The van der Waals surface area contributed by atoms with Gasteiger partial charge in [-0.1, -0.05) is 6.92 Å². The molecule has 0 bridgehead atoms. The van der Waals surface area contributed by atoms with Crippen LogP contribution in [-0.4, -0.2) is 50.8 Å². The number of ether oxygens (including phenoxy) is 1. The molecule has 0 aliphatic carbocycles. The summed E-state index contributed by atoms with van der Waals surface area (Å²) < 4.78 is 5.36. The highest BCUT2D eigenvalue weighted by Gasteiger charge is 2.10. The molecule has 0 saturated heterocycles. The highest BCUT2D eigenvalue weighted by Crippen LogP contribution is 2.02. The van der Waals surface area contributed by atoms with E-state index in [9.17, 15) is 0 Å². The van der Waals surface area contributed by atoms with Crippen molar-refractivity contribution >= 4 is 0 Å². The van der Waals surface area contributed by atoms with E-state index in [1.54, 1.807) is 0 Å². The van der Waals surface area contributed by atoms with E-state index in [-0.39, 0.29) is 0 Å². The van der Waals surface area contributed by atoms with Crippen LogP contribution in [-0.2, 0) is 4.74 Å². The Labute approximate surface area is 88.8 Å². The van der Waals surface area contributed by atoms with Crippen molar-refractivity contribution in [2.75, 3.05) is 39.9 Å². The van der Waals surface area contributed by atoms with Crippen molar-refractivity contribution in [2.24, 2.45) is 0 Å². The first-order valence-corrected chi connectivity index (χ1v) is 5.72. The maximum Gasteiger partial charge on any atom is 0.0593 e. The summed E-state index contributed by atoms with van der Waals surface area (Å²) in [5.74, 6) is 0. The minimum absolute atomic E-state index is 0.646. The molecule has 0 aromatic rings. The van der Waals surface area contributed by atoms with Gasteiger partial charge in [-0.05, 0) is 40.4 Å². The van der Waals surface area contributed by atoms with E-state index in [0.29, 0.717) is 6.04 Å². The molecule has 0 spiro atoms. The Kier molecular flexibility index (Phi) is 9.35. The Balaban J connectivity index is 3.62. The second-order valence-electron chi connectivity index (χ2n) is 3.57. The van der Waals surface area contributed by atoms with Crippen molar-refractivity contribution in [1.29, 1.82) is 0 Å². The molecular formula is C11H26N2O. The lowest BCUT2D eigenvalue weighted by atomic mass is 10.2. The number of nitrogens with one attached hydrogen (secondary N) is 1. The summed E-state index contributed by atoms with van der Waals surface area (Å²) >= 11 is 0. The number of hydrogen-bond acceptors (Lipinski definition) is 3. The number of likely N-dealkylation sites (N-methyl/N-ethyl adjacent to an activating group) is 1. The van der Waals surface area contributed by atoms with Crippen molar-refractivity contribution in [2.45, 2.75) is 33.2 Å². The molecule has 0 heterocycles. The van der Waals surface area contributed by atoms with Gasteiger partial charge >= 0.3 is 0 Å². The van der Waals surface area contributed by atoms with E-state index < -0.39 is 0 Å². The molecule has 86 valence electrons. The van der Waals surface area contributed by atoms with Crippen LogP contribution in [0.5, 0.6) is 0 Å². The second-order valence-corrected chi connectivity index (χ2v) is 3.57. The van der Waals surface area contributed by atoms with Crippen molar-refractivity contribution < 1.29 is 4.74 Å². The molecule has 3 heteroatoms. The number of rotatable bonds is 9. The SMILES string of the molecule is CCOCCN(CC)C(C)CCNC. The van der Waals surface area contributed by atoms with Gasteiger partial charge in [0.2, 0.25) is 0 Å². The van der Waals surface area contributed by atoms with Gasteiger partial charge < -0.3 is 10.1 Å². The molecule has 0 aliphatic heterocycles. The zero-order chi connectivity index (χ0) is 10.8. The fourth-order valence-electron chi connectivity index (χ4n) is 1.55. The first-order valence-electron chi connectivity index (χ1n) is 5.72. The van der Waals surface area contributed by atoms with Crippen LogP contribution in [0.3, 0.4) is 0 Å². The maximum atomic E-state index is 5.36. The summed E-state index contributed by atoms with van der Waals surface area (Å²) in [4.78, 5) is 2.47. The monoisotopic (exact) mass is 202 g/mol. The highest BCUT2D eigenvalue weighted by atomic mass is 16.5. The van der Waals surface area contributed by atoms with Crippen molar-refractivity contribution in [3.8, 4) is 0 Å². The zero-order valence-electron chi connectivity index (χ0n) is 10.2. The van der Waals surface area contributed by atoms with Gasteiger partial charge in [0.25, 0.3) is 0 Å². The molecule has 3 nitrogen and oxygen atoms in total. The predicted molar refractivity (Wildman–Crippen MR) is 61.7 cm³/mol. The largest absolute Gasteiger partial charge is 0.380 e.